The van der Waals surface area contributed by atoms with Crippen LogP contribution in [0.15, 0.2) is 48.5 Å². The van der Waals surface area contributed by atoms with Gasteiger partial charge in [-0.15, -0.1) is 0 Å². The minimum atomic E-state index is -0.331. The SMILES string of the molecule is O=C1c2ccccc2C(=O)N1CCCN1C(=O)c2ccccc2C1=O. The highest BCUT2D eigenvalue weighted by Crippen LogP contribution is 2.24. The van der Waals surface area contributed by atoms with Crippen LogP contribution in [0.4, 0.5) is 0 Å². The second-order valence-corrected chi connectivity index (χ2v) is 5.97. The summed E-state index contributed by atoms with van der Waals surface area (Å²) in [4.78, 5) is 51.5. The molecule has 0 bridgehead atoms. The van der Waals surface area contributed by atoms with Gasteiger partial charge in [0.1, 0.15) is 0 Å². The summed E-state index contributed by atoms with van der Waals surface area (Å²) in [6.45, 7) is 0.333. The summed E-state index contributed by atoms with van der Waals surface area (Å²) < 4.78 is 0. The molecule has 2 aliphatic heterocycles. The van der Waals surface area contributed by atoms with E-state index in [1.54, 1.807) is 48.5 Å². The third-order valence-electron chi connectivity index (χ3n) is 4.52. The summed E-state index contributed by atoms with van der Waals surface area (Å²) in [6.07, 6.45) is 0.344. The van der Waals surface area contributed by atoms with Crippen LogP contribution in [0.1, 0.15) is 47.9 Å². The zero-order valence-corrected chi connectivity index (χ0v) is 13.3. The number of amides is 4. The zero-order chi connectivity index (χ0) is 17.6. The number of rotatable bonds is 4. The molecule has 0 atom stereocenters. The summed E-state index contributed by atoms with van der Waals surface area (Å²) in [5.74, 6) is -1.32. The summed E-state index contributed by atoms with van der Waals surface area (Å²) in [5.41, 5.74) is 1.59. The van der Waals surface area contributed by atoms with Gasteiger partial charge in [0, 0.05) is 13.1 Å². The molecular formula is C19H14N2O4. The fraction of sp³-hybridized carbons (Fsp3) is 0.158. The monoisotopic (exact) mass is 334 g/mol. The Morgan fingerprint density at radius 3 is 1.08 bits per heavy atom. The molecule has 2 heterocycles. The normalized spacial score (nSPS) is 15.8. The van der Waals surface area contributed by atoms with Gasteiger partial charge in [0.05, 0.1) is 22.3 Å². The van der Waals surface area contributed by atoms with Gasteiger partial charge < -0.3 is 0 Å². The van der Waals surface area contributed by atoms with Crippen LogP contribution in [0, 0.1) is 0 Å². The molecule has 0 fully saturated rings. The number of benzene rings is 2. The Balaban J connectivity index is 1.43. The molecule has 6 nitrogen and oxygen atoms in total. The largest absolute Gasteiger partial charge is 0.274 e. The molecule has 124 valence electrons. The number of nitrogens with zero attached hydrogens (tertiary/aromatic N) is 2. The fourth-order valence-electron chi connectivity index (χ4n) is 3.27. The highest BCUT2D eigenvalue weighted by atomic mass is 16.2. The average molecular weight is 334 g/mol. The smallest absolute Gasteiger partial charge is 0.261 e. The highest BCUT2D eigenvalue weighted by molar-refractivity contribution is 6.22. The van der Waals surface area contributed by atoms with Gasteiger partial charge in [-0.2, -0.15) is 0 Å². The second-order valence-electron chi connectivity index (χ2n) is 5.97. The Labute approximate surface area is 143 Å². The van der Waals surface area contributed by atoms with Crippen molar-refractivity contribution in [3.05, 3.63) is 70.8 Å². The lowest BCUT2D eigenvalue weighted by molar-refractivity contribution is 0.0627. The summed E-state index contributed by atoms with van der Waals surface area (Å²) in [5, 5.41) is 0. The van der Waals surface area contributed by atoms with Crippen LogP contribution in [-0.2, 0) is 0 Å². The van der Waals surface area contributed by atoms with Gasteiger partial charge in [-0.05, 0) is 30.7 Å². The van der Waals surface area contributed by atoms with E-state index in [4.69, 9.17) is 0 Å². The van der Waals surface area contributed by atoms with Crippen molar-refractivity contribution in [3.8, 4) is 0 Å². The summed E-state index contributed by atoms with van der Waals surface area (Å²) in [6, 6.07) is 13.4. The van der Waals surface area contributed by atoms with Crippen LogP contribution in [0.5, 0.6) is 0 Å². The molecule has 4 amide bonds. The summed E-state index contributed by atoms with van der Waals surface area (Å²) in [7, 11) is 0. The first-order valence-corrected chi connectivity index (χ1v) is 8.00. The lowest BCUT2D eigenvalue weighted by Gasteiger charge is -2.17. The van der Waals surface area contributed by atoms with Gasteiger partial charge >= 0.3 is 0 Å². The van der Waals surface area contributed by atoms with E-state index in [1.165, 1.54) is 9.80 Å². The average Bonchev–Trinajstić information content (AvgIpc) is 3.03. The molecule has 25 heavy (non-hydrogen) atoms. The van der Waals surface area contributed by atoms with E-state index in [9.17, 15) is 19.2 Å². The van der Waals surface area contributed by atoms with E-state index in [2.05, 4.69) is 0 Å². The van der Waals surface area contributed by atoms with Crippen LogP contribution < -0.4 is 0 Å². The second kappa shape index (κ2) is 5.66. The Bertz CT molecular complexity index is 789. The lowest BCUT2D eigenvalue weighted by atomic mass is 10.1. The Morgan fingerprint density at radius 2 is 0.800 bits per heavy atom. The van der Waals surface area contributed by atoms with Crippen molar-refractivity contribution in [2.24, 2.45) is 0 Å². The first-order valence-electron chi connectivity index (χ1n) is 8.00. The lowest BCUT2D eigenvalue weighted by Crippen LogP contribution is -2.35. The minimum Gasteiger partial charge on any atom is -0.274 e. The van der Waals surface area contributed by atoms with E-state index in [1.807, 2.05) is 0 Å². The van der Waals surface area contributed by atoms with E-state index < -0.39 is 0 Å². The quantitative estimate of drug-likeness (QED) is 0.801. The molecule has 0 unspecified atom stereocenters. The van der Waals surface area contributed by atoms with Crippen LogP contribution in [0.2, 0.25) is 0 Å². The molecule has 2 aromatic carbocycles. The van der Waals surface area contributed by atoms with Crippen LogP contribution in [0.25, 0.3) is 0 Å². The molecule has 2 aromatic rings. The number of carbonyl (C=O) groups is 4. The molecule has 0 saturated heterocycles. The molecule has 0 aromatic heterocycles. The first kappa shape index (κ1) is 15.3. The van der Waals surface area contributed by atoms with Crippen molar-refractivity contribution in [2.75, 3.05) is 13.1 Å². The van der Waals surface area contributed by atoms with Gasteiger partial charge in [0.2, 0.25) is 0 Å². The van der Waals surface area contributed by atoms with Gasteiger partial charge in [-0.25, -0.2) is 0 Å². The van der Waals surface area contributed by atoms with Gasteiger partial charge in [0.15, 0.2) is 0 Å². The predicted molar refractivity (Wildman–Crippen MR) is 88.2 cm³/mol. The maximum atomic E-state index is 12.3. The summed E-state index contributed by atoms with van der Waals surface area (Å²) >= 11 is 0. The maximum Gasteiger partial charge on any atom is 0.261 e. The minimum absolute atomic E-state index is 0.166. The van der Waals surface area contributed by atoms with Crippen molar-refractivity contribution in [2.45, 2.75) is 6.42 Å². The van der Waals surface area contributed by atoms with Crippen LogP contribution in [-0.4, -0.2) is 46.5 Å². The molecule has 0 saturated carbocycles. The Morgan fingerprint density at radius 1 is 0.520 bits per heavy atom. The first-order chi connectivity index (χ1) is 12.1. The van der Waals surface area contributed by atoms with E-state index in [0.29, 0.717) is 28.7 Å². The van der Waals surface area contributed by atoms with Crippen molar-refractivity contribution in [1.29, 1.82) is 0 Å². The van der Waals surface area contributed by atoms with Crippen LogP contribution >= 0.6 is 0 Å². The predicted octanol–water partition coefficient (Wildman–Crippen LogP) is 1.97. The fourth-order valence-corrected chi connectivity index (χ4v) is 3.27. The standard InChI is InChI=1S/C19H14N2O4/c22-16-12-6-1-2-7-13(12)17(23)20(16)10-5-11-21-18(24)14-8-3-4-9-15(14)19(21)25/h1-4,6-9H,5,10-11H2. The van der Waals surface area contributed by atoms with Gasteiger partial charge in [0.25, 0.3) is 23.6 Å². The van der Waals surface area contributed by atoms with Crippen molar-refractivity contribution in [1.82, 2.24) is 9.80 Å². The molecule has 2 aliphatic rings. The van der Waals surface area contributed by atoms with E-state index >= 15 is 0 Å². The van der Waals surface area contributed by atoms with Gasteiger partial charge in [-0.1, -0.05) is 24.3 Å². The highest BCUT2D eigenvalue weighted by Gasteiger charge is 2.37. The third-order valence-corrected chi connectivity index (χ3v) is 4.52. The molecule has 0 aliphatic carbocycles. The number of carbonyl (C=O) groups excluding carboxylic acids is 4. The molecule has 4 rings (SSSR count). The number of fused-ring (bicyclic) bond motifs is 2. The van der Waals surface area contributed by atoms with Crippen LogP contribution in [0.3, 0.4) is 0 Å². The topological polar surface area (TPSA) is 74.8 Å². The van der Waals surface area contributed by atoms with Gasteiger partial charge in [-0.3, -0.25) is 29.0 Å². The third kappa shape index (κ3) is 2.26. The number of hydrogen-bond donors (Lipinski definition) is 0. The molecule has 6 heteroatoms. The number of hydrogen-bond acceptors (Lipinski definition) is 4. The Kier molecular flexibility index (Phi) is 3.46. The van der Waals surface area contributed by atoms with Crippen molar-refractivity contribution >= 4 is 23.6 Å². The Hall–Kier alpha value is -3.28. The molecule has 0 radical (unpaired) electrons. The van der Waals surface area contributed by atoms with E-state index in [0.717, 1.165) is 0 Å². The molecule has 0 spiro atoms. The van der Waals surface area contributed by atoms with Crippen molar-refractivity contribution in [3.63, 3.8) is 0 Å². The molecule has 0 N–H and O–H groups in total. The van der Waals surface area contributed by atoms with Crippen molar-refractivity contribution < 1.29 is 19.2 Å². The number of imide groups is 2. The molecular weight excluding hydrogens is 320 g/mol. The van der Waals surface area contributed by atoms with E-state index in [-0.39, 0.29) is 36.7 Å². The maximum absolute atomic E-state index is 12.3. The zero-order valence-electron chi connectivity index (χ0n) is 13.3.